The molecule has 4 unspecified atom stereocenters. The van der Waals surface area contributed by atoms with E-state index in [0.717, 1.165) is 24.7 Å². The van der Waals surface area contributed by atoms with E-state index in [1.165, 1.54) is 38.5 Å². The molecule has 0 aliphatic carbocycles. The molecule has 1 heteroatoms. The van der Waals surface area contributed by atoms with Crippen LogP contribution in [0.1, 0.15) is 121 Å². The monoisotopic (exact) mass is 354 g/mol. The van der Waals surface area contributed by atoms with Crippen LogP contribution < -0.4 is 0 Å². The average molecular weight is 355 g/mol. The second-order valence-corrected chi connectivity index (χ2v) is 11.1. The molecule has 0 rings (SSSR count). The van der Waals surface area contributed by atoms with Gasteiger partial charge in [-0.2, -0.15) is 0 Å². The topological polar surface area (TPSA) is 9.23 Å². The Bertz CT molecular complexity index is 288. The van der Waals surface area contributed by atoms with Crippen LogP contribution in [0.4, 0.5) is 0 Å². The van der Waals surface area contributed by atoms with Crippen molar-refractivity contribution >= 4 is 0 Å². The van der Waals surface area contributed by atoms with Crippen LogP contribution in [0.3, 0.4) is 0 Å². The highest BCUT2D eigenvalue weighted by Gasteiger charge is 2.20. The molecule has 25 heavy (non-hydrogen) atoms. The van der Waals surface area contributed by atoms with E-state index in [-0.39, 0.29) is 0 Å². The molecule has 1 nitrogen and oxygen atoms in total. The summed E-state index contributed by atoms with van der Waals surface area (Å²) in [5, 5.41) is 0. The van der Waals surface area contributed by atoms with Crippen molar-refractivity contribution in [2.45, 2.75) is 133 Å². The minimum atomic E-state index is 0.442. The van der Waals surface area contributed by atoms with Crippen molar-refractivity contribution in [1.82, 2.24) is 0 Å². The summed E-state index contributed by atoms with van der Waals surface area (Å²) in [7, 11) is 0. The zero-order valence-corrected chi connectivity index (χ0v) is 19.4. The third-order valence-electron chi connectivity index (χ3n) is 5.18. The Kier molecular flexibility index (Phi) is 11.6. The van der Waals surface area contributed by atoms with Crippen LogP contribution in [0.15, 0.2) is 0 Å². The summed E-state index contributed by atoms with van der Waals surface area (Å²) in [6, 6.07) is 0. The van der Waals surface area contributed by atoms with Crippen LogP contribution in [-0.4, -0.2) is 12.2 Å². The van der Waals surface area contributed by atoms with Crippen LogP contribution in [0.25, 0.3) is 0 Å². The van der Waals surface area contributed by atoms with E-state index in [1.807, 2.05) is 0 Å². The van der Waals surface area contributed by atoms with E-state index in [4.69, 9.17) is 4.74 Å². The lowest BCUT2D eigenvalue weighted by atomic mass is 9.83. The van der Waals surface area contributed by atoms with Crippen LogP contribution in [-0.2, 0) is 4.74 Å². The standard InChI is InChI=1S/C24H50O/c1-11-21(15-13-19(3)17-23(5,6)7)25-22(12-2)16-14-20(4)18-24(8,9)10/h19-22H,11-18H2,1-10H3. The molecule has 0 aromatic rings. The van der Waals surface area contributed by atoms with Crippen molar-refractivity contribution in [2.75, 3.05) is 0 Å². The predicted molar refractivity (Wildman–Crippen MR) is 114 cm³/mol. The second-order valence-electron chi connectivity index (χ2n) is 11.1. The quantitative estimate of drug-likeness (QED) is 0.342. The van der Waals surface area contributed by atoms with Crippen molar-refractivity contribution in [3.05, 3.63) is 0 Å². The number of hydrogen-bond donors (Lipinski definition) is 0. The first-order valence-corrected chi connectivity index (χ1v) is 11.0. The Labute approximate surface area is 160 Å². The Morgan fingerprint density at radius 3 is 1.16 bits per heavy atom. The minimum Gasteiger partial charge on any atom is -0.375 e. The fourth-order valence-electron chi connectivity index (χ4n) is 4.24. The van der Waals surface area contributed by atoms with Gasteiger partial charge in [-0.15, -0.1) is 0 Å². The first kappa shape index (κ1) is 25.0. The molecule has 152 valence electrons. The van der Waals surface area contributed by atoms with Gasteiger partial charge in [-0.25, -0.2) is 0 Å². The number of ether oxygens (including phenoxy) is 1. The molecule has 0 saturated heterocycles. The fourth-order valence-corrected chi connectivity index (χ4v) is 4.24. The molecular weight excluding hydrogens is 304 g/mol. The molecule has 0 aliphatic heterocycles. The highest BCUT2D eigenvalue weighted by Crippen LogP contribution is 2.29. The van der Waals surface area contributed by atoms with Gasteiger partial charge >= 0.3 is 0 Å². The summed E-state index contributed by atoms with van der Waals surface area (Å²) in [5.74, 6) is 1.59. The van der Waals surface area contributed by atoms with Gasteiger partial charge in [0.25, 0.3) is 0 Å². The van der Waals surface area contributed by atoms with Crippen LogP contribution >= 0.6 is 0 Å². The van der Waals surface area contributed by atoms with Crippen LogP contribution in [0.2, 0.25) is 0 Å². The predicted octanol–water partition coefficient (Wildman–Crippen LogP) is 8.27. The lowest BCUT2D eigenvalue weighted by Crippen LogP contribution is -2.23. The number of rotatable bonds is 12. The largest absolute Gasteiger partial charge is 0.375 e. The summed E-state index contributed by atoms with van der Waals surface area (Å²) >= 11 is 0. The SMILES string of the molecule is CCC(CCC(C)CC(C)(C)C)OC(CC)CCC(C)CC(C)(C)C. The Morgan fingerprint density at radius 2 is 0.920 bits per heavy atom. The smallest absolute Gasteiger partial charge is 0.0576 e. The van der Waals surface area contributed by atoms with Crippen LogP contribution in [0.5, 0.6) is 0 Å². The summed E-state index contributed by atoms with van der Waals surface area (Å²) in [6.45, 7) is 23.5. The molecule has 0 N–H and O–H groups in total. The van der Waals surface area contributed by atoms with Gasteiger partial charge in [-0.1, -0.05) is 69.2 Å². The molecule has 0 radical (unpaired) electrons. The van der Waals surface area contributed by atoms with Gasteiger partial charge in [0.05, 0.1) is 12.2 Å². The maximum absolute atomic E-state index is 6.51. The molecule has 0 aliphatic rings. The highest BCUT2D eigenvalue weighted by molar-refractivity contribution is 4.71. The van der Waals surface area contributed by atoms with Gasteiger partial charge < -0.3 is 4.74 Å². The molecule has 0 amide bonds. The molecule has 0 aromatic carbocycles. The molecule has 0 aromatic heterocycles. The second kappa shape index (κ2) is 11.6. The van der Waals surface area contributed by atoms with Gasteiger partial charge in [-0.05, 0) is 74.0 Å². The molecule has 0 saturated carbocycles. The summed E-state index contributed by atoms with van der Waals surface area (Å²) in [5.41, 5.74) is 0.883. The van der Waals surface area contributed by atoms with Crippen molar-refractivity contribution in [1.29, 1.82) is 0 Å². The lowest BCUT2D eigenvalue weighted by Gasteiger charge is -2.28. The molecule has 0 fully saturated rings. The minimum absolute atomic E-state index is 0.442. The maximum atomic E-state index is 6.51. The summed E-state index contributed by atoms with van der Waals surface area (Å²) in [4.78, 5) is 0. The average Bonchev–Trinajstić information content (AvgIpc) is 2.43. The third kappa shape index (κ3) is 14.8. The summed E-state index contributed by atoms with van der Waals surface area (Å²) < 4.78 is 6.51. The summed E-state index contributed by atoms with van der Waals surface area (Å²) in [6.07, 6.45) is 10.9. The van der Waals surface area contributed by atoms with Crippen molar-refractivity contribution in [2.24, 2.45) is 22.7 Å². The van der Waals surface area contributed by atoms with Gasteiger partial charge in [0.1, 0.15) is 0 Å². The zero-order valence-electron chi connectivity index (χ0n) is 19.4. The van der Waals surface area contributed by atoms with E-state index in [0.29, 0.717) is 23.0 Å². The first-order valence-electron chi connectivity index (χ1n) is 11.0. The molecule has 0 heterocycles. The van der Waals surface area contributed by atoms with E-state index >= 15 is 0 Å². The molecule has 0 spiro atoms. The van der Waals surface area contributed by atoms with Crippen molar-refractivity contribution in [3.63, 3.8) is 0 Å². The van der Waals surface area contributed by atoms with Gasteiger partial charge in [-0.3, -0.25) is 0 Å². The van der Waals surface area contributed by atoms with Crippen molar-refractivity contribution in [3.8, 4) is 0 Å². The highest BCUT2D eigenvalue weighted by atomic mass is 16.5. The first-order chi connectivity index (χ1) is 11.4. The van der Waals surface area contributed by atoms with Gasteiger partial charge in [0.15, 0.2) is 0 Å². The molecule has 0 bridgehead atoms. The van der Waals surface area contributed by atoms with E-state index in [9.17, 15) is 0 Å². The maximum Gasteiger partial charge on any atom is 0.0576 e. The zero-order chi connectivity index (χ0) is 19.7. The van der Waals surface area contributed by atoms with E-state index in [2.05, 4.69) is 69.2 Å². The van der Waals surface area contributed by atoms with Crippen molar-refractivity contribution < 1.29 is 4.74 Å². The Hall–Kier alpha value is -0.0400. The molecule has 4 atom stereocenters. The fraction of sp³-hybridized carbons (Fsp3) is 1.00. The lowest BCUT2D eigenvalue weighted by molar-refractivity contribution is -0.0294. The van der Waals surface area contributed by atoms with E-state index < -0.39 is 0 Å². The normalized spacial score (nSPS) is 18.0. The Morgan fingerprint density at radius 1 is 0.600 bits per heavy atom. The van der Waals surface area contributed by atoms with E-state index in [1.54, 1.807) is 0 Å². The third-order valence-corrected chi connectivity index (χ3v) is 5.18. The molecular formula is C24H50O. The van der Waals surface area contributed by atoms with Crippen LogP contribution in [0, 0.1) is 22.7 Å². The van der Waals surface area contributed by atoms with Gasteiger partial charge in [0, 0.05) is 0 Å². The Balaban J connectivity index is 4.27. The number of hydrogen-bond acceptors (Lipinski definition) is 1. The van der Waals surface area contributed by atoms with Gasteiger partial charge in [0.2, 0.25) is 0 Å².